The first-order chi connectivity index (χ1) is 12.1. The molecule has 128 valence electrons. The number of hydrogen-bond donors (Lipinski definition) is 0. The molecule has 0 radical (unpaired) electrons. The van der Waals surface area contributed by atoms with Crippen LogP contribution in [-0.4, -0.2) is 26.3 Å². The third kappa shape index (κ3) is 2.60. The second kappa shape index (κ2) is 5.99. The van der Waals surface area contributed by atoms with Gasteiger partial charge in [-0.25, -0.2) is 4.98 Å². The highest BCUT2D eigenvalue weighted by atomic mass is 16.2. The predicted molar refractivity (Wildman–Crippen MR) is 93.8 cm³/mol. The summed E-state index contributed by atoms with van der Waals surface area (Å²) in [5.41, 5.74) is 3.18. The molecule has 0 unspecified atom stereocenters. The Balaban J connectivity index is 1.58. The quantitative estimate of drug-likeness (QED) is 0.639. The fourth-order valence-corrected chi connectivity index (χ4v) is 3.93. The van der Waals surface area contributed by atoms with Crippen molar-refractivity contribution in [2.45, 2.75) is 32.7 Å². The van der Waals surface area contributed by atoms with Crippen molar-refractivity contribution in [1.82, 2.24) is 14.5 Å². The van der Waals surface area contributed by atoms with Gasteiger partial charge in [0.15, 0.2) is 0 Å². The lowest BCUT2D eigenvalue weighted by molar-refractivity contribution is -0.142. The van der Waals surface area contributed by atoms with Crippen LogP contribution in [0.5, 0.6) is 0 Å². The Morgan fingerprint density at radius 2 is 1.84 bits per heavy atom. The summed E-state index contributed by atoms with van der Waals surface area (Å²) in [5, 5.41) is 0. The van der Waals surface area contributed by atoms with Gasteiger partial charge in [-0.15, -0.1) is 0 Å². The largest absolute Gasteiger partial charge is 0.306 e. The molecule has 1 fully saturated rings. The number of allylic oxidation sites excluding steroid dienone is 2. The fraction of sp³-hybridized carbons (Fsp3) is 0.350. The van der Waals surface area contributed by atoms with Gasteiger partial charge < -0.3 is 4.57 Å². The summed E-state index contributed by atoms with van der Waals surface area (Å²) in [6, 6.07) is 7.68. The maximum Gasteiger partial charge on any atom is 0.233 e. The molecule has 1 aromatic carbocycles. The van der Waals surface area contributed by atoms with E-state index in [0.717, 1.165) is 11.3 Å². The van der Waals surface area contributed by atoms with Crippen LogP contribution in [0.4, 0.5) is 0 Å². The molecule has 2 amide bonds. The Bertz CT molecular complexity index is 836. The third-order valence-electron chi connectivity index (χ3n) is 5.42. The van der Waals surface area contributed by atoms with Gasteiger partial charge in [0.2, 0.25) is 11.8 Å². The Morgan fingerprint density at radius 3 is 2.52 bits per heavy atom. The number of nitrogens with zero attached hydrogens (tertiary/aromatic N) is 3. The minimum atomic E-state index is -0.247. The van der Waals surface area contributed by atoms with Crippen LogP contribution in [0.1, 0.15) is 38.3 Å². The zero-order valence-electron chi connectivity index (χ0n) is 14.4. The van der Waals surface area contributed by atoms with E-state index in [1.54, 1.807) is 12.5 Å². The van der Waals surface area contributed by atoms with Crippen molar-refractivity contribution in [2.75, 3.05) is 0 Å². The van der Waals surface area contributed by atoms with Crippen LogP contribution < -0.4 is 0 Å². The third-order valence-corrected chi connectivity index (χ3v) is 5.42. The summed E-state index contributed by atoms with van der Waals surface area (Å²) in [4.78, 5) is 31.1. The zero-order valence-corrected chi connectivity index (χ0v) is 14.4. The van der Waals surface area contributed by atoms with Crippen molar-refractivity contribution in [3.8, 4) is 5.69 Å². The topological polar surface area (TPSA) is 55.2 Å². The van der Waals surface area contributed by atoms with Crippen molar-refractivity contribution in [3.05, 3.63) is 60.2 Å². The number of hydrogen-bond acceptors (Lipinski definition) is 3. The maximum atomic E-state index is 12.8. The molecule has 2 aromatic rings. The van der Waals surface area contributed by atoms with E-state index in [0.29, 0.717) is 12.8 Å². The van der Waals surface area contributed by atoms with E-state index in [9.17, 15) is 9.59 Å². The molecule has 0 N–H and O–H groups in total. The van der Waals surface area contributed by atoms with Crippen LogP contribution in [0.2, 0.25) is 0 Å². The van der Waals surface area contributed by atoms with E-state index in [1.807, 2.05) is 48.9 Å². The van der Waals surface area contributed by atoms with Crippen LogP contribution in [0, 0.1) is 11.8 Å². The highest BCUT2D eigenvalue weighted by molar-refractivity contribution is 6.05. The van der Waals surface area contributed by atoms with Crippen molar-refractivity contribution in [1.29, 1.82) is 0 Å². The summed E-state index contributed by atoms with van der Waals surface area (Å²) in [6.07, 6.45) is 8.84. The molecule has 0 spiro atoms. The average Bonchev–Trinajstić information content (AvgIpc) is 3.23. The Kier molecular flexibility index (Phi) is 3.79. The highest BCUT2D eigenvalue weighted by Gasteiger charge is 2.49. The Hall–Kier alpha value is -2.69. The van der Waals surface area contributed by atoms with Crippen LogP contribution >= 0.6 is 0 Å². The SMILES string of the molecule is CC1=CC[C@H]2C(=O)N([C@@H](C)c3ccc(-n4ccnc4)cc3)C(=O)[C@H]2C1. The molecule has 2 heterocycles. The normalized spacial score (nSPS) is 24.2. The number of benzene rings is 1. The minimum absolute atomic E-state index is 0.0198. The first kappa shape index (κ1) is 15.8. The molecule has 5 heteroatoms. The molecule has 4 rings (SSSR count). The second-order valence-electron chi connectivity index (χ2n) is 6.99. The Labute approximate surface area is 147 Å². The van der Waals surface area contributed by atoms with Gasteiger partial charge in [0.05, 0.1) is 24.2 Å². The monoisotopic (exact) mass is 335 g/mol. The number of imide groups is 1. The summed E-state index contributed by atoms with van der Waals surface area (Å²) >= 11 is 0. The number of imidazole rings is 1. The van der Waals surface area contributed by atoms with Crippen molar-refractivity contribution >= 4 is 11.8 Å². The minimum Gasteiger partial charge on any atom is -0.306 e. The number of fused-ring (bicyclic) bond motifs is 1. The van der Waals surface area contributed by atoms with E-state index in [4.69, 9.17) is 0 Å². The molecule has 0 bridgehead atoms. The van der Waals surface area contributed by atoms with Crippen LogP contribution in [0.25, 0.3) is 5.69 Å². The molecule has 1 aliphatic carbocycles. The molecule has 1 aliphatic heterocycles. The van der Waals surface area contributed by atoms with Crippen LogP contribution in [0.3, 0.4) is 0 Å². The fourth-order valence-electron chi connectivity index (χ4n) is 3.93. The smallest absolute Gasteiger partial charge is 0.233 e. The molecule has 0 saturated carbocycles. The van der Waals surface area contributed by atoms with Crippen molar-refractivity contribution in [2.24, 2.45) is 11.8 Å². The zero-order chi connectivity index (χ0) is 17.6. The van der Waals surface area contributed by atoms with E-state index in [-0.39, 0.29) is 29.7 Å². The lowest BCUT2D eigenvalue weighted by Gasteiger charge is -2.24. The standard InChI is InChI=1S/C20H21N3O2/c1-13-3-8-17-18(11-13)20(25)23(19(17)24)14(2)15-4-6-16(7-5-15)22-10-9-21-12-22/h3-7,9-10,12,14,17-18H,8,11H2,1-2H3/t14-,17+,18-/m0/s1. The first-order valence-electron chi connectivity index (χ1n) is 8.67. The number of carbonyl (C=O) groups excluding carboxylic acids is 2. The molecule has 2 aliphatic rings. The summed E-state index contributed by atoms with van der Waals surface area (Å²) in [6.45, 7) is 3.97. The highest BCUT2D eigenvalue weighted by Crippen LogP contribution is 2.41. The van der Waals surface area contributed by atoms with E-state index in [2.05, 4.69) is 11.1 Å². The molecule has 1 saturated heterocycles. The van der Waals surface area contributed by atoms with Gasteiger partial charge >= 0.3 is 0 Å². The molecule has 5 nitrogen and oxygen atoms in total. The number of aromatic nitrogens is 2. The van der Waals surface area contributed by atoms with Gasteiger partial charge in [-0.3, -0.25) is 14.5 Å². The van der Waals surface area contributed by atoms with Gasteiger partial charge in [-0.05, 0) is 44.4 Å². The Morgan fingerprint density at radius 1 is 1.12 bits per heavy atom. The maximum absolute atomic E-state index is 12.8. The molecular weight excluding hydrogens is 314 g/mol. The van der Waals surface area contributed by atoms with Gasteiger partial charge in [0.1, 0.15) is 0 Å². The van der Waals surface area contributed by atoms with Crippen molar-refractivity contribution < 1.29 is 9.59 Å². The molecule has 1 aromatic heterocycles. The van der Waals surface area contributed by atoms with Gasteiger partial charge in [0.25, 0.3) is 0 Å². The lowest BCUT2D eigenvalue weighted by Crippen LogP contribution is -2.33. The molecule has 25 heavy (non-hydrogen) atoms. The summed E-state index contributed by atoms with van der Waals surface area (Å²) in [7, 11) is 0. The molecular formula is C20H21N3O2. The summed E-state index contributed by atoms with van der Waals surface area (Å²) in [5.74, 6) is -0.396. The van der Waals surface area contributed by atoms with Crippen molar-refractivity contribution in [3.63, 3.8) is 0 Å². The van der Waals surface area contributed by atoms with E-state index < -0.39 is 0 Å². The molecule has 3 atom stereocenters. The number of carbonyl (C=O) groups is 2. The lowest BCUT2D eigenvalue weighted by atomic mass is 9.82. The van der Waals surface area contributed by atoms with Gasteiger partial charge in [-0.2, -0.15) is 0 Å². The van der Waals surface area contributed by atoms with E-state index in [1.165, 1.54) is 10.5 Å². The first-order valence-corrected chi connectivity index (χ1v) is 8.67. The second-order valence-corrected chi connectivity index (χ2v) is 6.99. The van der Waals surface area contributed by atoms with Crippen LogP contribution in [-0.2, 0) is 9.59 Å². The number of likely N-dealkylation sites (tertiary alicyclic amines) is 1. The van der Waals surface area contributed by atoms with Gasteiger partial charge in [-0.1, -0.05) is 23.8 Å². The van der Waals surface area contributed by atoms with E-state index >= 15 is 0 Å². The average molecular weight is 335 g/mol. The van der Waals surface area contributed by atoms with Crippen LogP contribution in [0.15, 0.2) is 54.6 Å². The predicted octanol–water partition coefficient (Wildman–Crippen LogP) is 3.27. The number of amides is 2. The van der Waals surface area contributed by atoms with Gasteiger partial charge in [0, 0.05) is 18.1 Å². The summed E-state index contributed by atoms with van der Waals surface area (Å²) < 4.78 is 1.92. The number of rotatable bonds is 3.